The third-order valence-electron chi connectivity index (χ3n) is 2.94. The standard InChI is InChI=1S/C15H11BrF3NO/c1-2-8-5-10(16)3-4-13(8)20-15(21)9-6-11(17)14(19)12(18)7-9/h3-7H,2H2,1H3,(H,20,21). The first kappa shape index (κ1) is 15.6. The molecule has 0 aromatic heterocycles. The van der Waals surface area contributed by atoms with Crippen LogP contribution in [0.2, 0.25) is 0 Å². The van der Waals surface area contributed by atoms with E-state index in [2.05, 4.69) is 21.2 Å². The number of hydrogen-bond acceptors (Lipinski definition) is 1. The summed E-state index contributed by atoms with van der Waals surface area (Å²) in [5.41, 5.74) is 1.12. The van der Waals surface area contributed by atoms with Gasteiger partial charge < -0.3 is 5.32 Å². The highest BCUT2D eigenvalue weighted by molar-refractivity contribution is 9.10. The Hall–Kier alpha value is -1.82. The molecule has 110 valence electrons. The molecule has 1 amide bonds. The van der Waals surface area contributed by atoms with E-state index < -0.39 is 23.4 Å². The quantitative estimate of drug-likeness (QED) is 0.793. The lowest BCUT2D eigenvalue weighted by atomic mass is 10.1. The van der Waals surface area contributed by atoms with Gasteiger partial charge in [-0.2, -0.15) is 0 Å². The molecule has 0 aliphatic rings. The van der Waals surface area contributed by atoms with E-state index in [1.165, 1.54) is 0 Å². The maximum Gasteiger partial charge on any atom is 0.255 e. The molecule has 0 unspecified atom stereocenters. The number of nitrogens with one attached hydrogen (secondary N) is 1. The van der Waals surface area contributed by atoms with Gasteiger partial charge in [0.2, 0.25) is 0 Å². The van der Waals surface area contributed by atoms with Crippen molar-refractivity contribution in [3.63, 3.8) is 0 Å². The molecule has 6 heteroatoms. The average molecular weight is 358 g/mol. The van der Waals surface area contributed by atoms with Gasteiger partial charge in [-0.15, -0.1) is 0 Å². The van der Waals surface area contributed by atoms with Gasteiger partial charge >= 0.3 is 0 Å². The molecular weight excluding hydrogens is 347 g/mol. The van der Waals surface area contributed by atoms with Gasteiger partial charge in [0.15, 0.2) is 17.5 Å². The van der Waals surface area contributed by atoms with Gasteiger partial charge in [0, 0.05) is 15.7 Å². The van der Waals surface area contributed by atoms with Crippen molar-refractivity contribution in [2.45, 2.75) is 13.3 Å². The monoisotopic (exact) mass is 357 g/mol. The summed E-state index contributed by atoms with van der Waals surface area (Å²) in [7, 11) is 0. The highest BCUT2D eigenvalue weighted by Gasteiger charge is 2.16. The highest BCUT2D eigenvalue weighted by atomic mass is 79.9. The minimum absolute atomic E-state index is 0.281. The fraction of sp³-hybridized carbons (Fsp3) is 0.133. The van der Waals surface area contributed by atoms with Crippen molar-refractivity contribution in [3.05, 3.63) is 63.4 Å². The van der Waals surface area contributed by atoms with Crippen LogP contribution in [0.15, 0.2) is 34.8 Å². The molecule has 2 nitrogen and oxygen atoms in total. The molecule has 2 aromatic carbocycles. The maximum atomic E-state index is 13.1. The summed E-state index contributed by atoms with van der Waals surface area (Å²) in [6.07, 6.45) is 0.668. The molecule has 2 aromatic rings. The Labute approximate surface area is 128 Å². The predicted molar refractivity (Wildman–Crippen MR) is 77.8 cm³/mol. The average Bonchev–Trinajstić information content (AvgIpc) is 2.45. The number of halogens is 4. The van der Waals surface area contributed by atoms with Crippen LogP contribution in [0.4, 0.5) is 18.9 Å². The Kier molecular flexibility index (Phi) is 4.67. The summed E-state index contributed by atoms with van der Waals surface area (Å²) >= 11 is 3.32. The summed E-state index contributed by atoms with van der Waals surface area (Å²) in [4.78, 5) is 12.0. The first-order valence-corrected chi connectivity index (χ1v) is 6.96. The predicted octanol–water partition coefficient (Wildman–Crippen LogP) is 4.68. The van der Waals surface area contributed by atoms with Crippen LogP contribution in [0.3, 0.4) is 0 Å². The second-order valence-corrected chi connectivity index (χ2v) is 5.28. The molecule has 0 saturated heterocycles. The van der Waals surface area contributed by atoms with Crippen LogP contribution in [0, 0.1) is 17.5 Å². The van der Waals surface area contributed by atoms with Crippen molar-refractivity contribution in [1.82, 2.24) is 0 Å². The lowest BCUT2D eigenvalue weighted by Gasteiger charge is -2.11. The van der Waals surface area contributed by atoms with Crippen LogP contribution in [0.5, 0.6) is 0 Å². The number of carbonyl (C=O) groups is 1. The van der Waals surface area contributed by atoms with Crippen LogP contribution in [0.25, 0.3) is 0 Å². The van der Waals surface area contributed by atoms with Crippen molar-refractivity contribution in [3.8, 4) is 0 Å². The van der Waals surface area contributed by atoms with Crippen LogP contribution in [-0.2, 0) is 6.42 Å². The molecule has 0 spiro atoms. The third kappa shape index (κ3) is 3.44. The van der Waals surface area contributed by atoms with Crippen LogP contribution < -0.4 is 5.32 Å². The van der Waals surface area contributed by atoms with Gasteiger partial charge in [0.05, 0.1) is 0 Å². The molecule has 0 aliphatic carbocycles. The normalized spacial score (nSPS) is 10.5. The number of rotatable bonds is 3. The van der Waals surface area contributed by atoms with E-state index in [0.29, 0.717) is 24.2 Å². The smallest absolute Gasteiger partial charge is 0.255 e. The van der Waals surface area contributed by atoms with E-state index in [4.69, 9.17) is 0 Å². The molecule has 2 rings (SSSR count). The van der Waals surface area contributed by atoms with Gasteiger partial charge in [0.1, 0.15) is 0 Å². The first-order chi connectivity index (χ1) is 9.92. The zero-order valence-corrected chi connectivity index (χ0v) is 12.6. The summed E-state index contributed by atoms with van der Waals surface area (Å²) in [6, 6.07) is 6.58. The van der Waals surface area contributed by atoms with Crippen molar-refractivity contribution in [2.75, 3.05) is 5.32 Å². The zero-order valence-electron chi connectivity index (χ0n) is 11.0. The lowest BCUT2D eigenvalue weighted by molar-refractivity contribution is 0.102. The Morgan fingerprint density at radius 2 is 1.76 bits per heavy atom. The van der Waals surface area contributed by atoms with Crippen molar-refractivity contribution < 1.29 is 18.0 Å². The van der Waals surface area contributed by atoms with E-state index in [0.717, 1.165) is 10.0 Å². The van der Waals surface area contributed by atoms with Crippen molar-refractivity contribution >= 4 is 27.5 Å². The number of anilines is 1. The Morgan fingerprint density at radius 1 is 1.14 bits per heavy atom. The SMILES string of the molecule is CCc1cc(Br)ccc1NC(=O)c1cc(F)c(F)c(F)c1. The largest absolute Gasteiger partial charge is 0.322 e. The number of carbonyl (C=O) groups excluding carboxylic acids is 1. The summed E-state index contributed by atoms with van der Waals surface area (Å²) in [5.74, 6) is -5.09. The molecule has 0 fully saturated rings. The first-order valence-electron chi connectivity index (χ1n) is 6.16. The van der Waals surface area contributed by atoms with Crippen LogP contribution in [-0.4, -0.2) is 5.91 Å². The van der Waals surface area contributed by atoms with Crippen molar-refractivity contribution in [1.29, 1.82) is 0 Å². The molecular formula is C15H11BrF3NO. The molecule has 0 radical (unpaired) electrons. The Bertz CT molecular complexity index is 680. The molecule has 1 N–H and O–H groups in total. The van der Waals surface area contributed by atoms with Gasteiger partial charge in [-0.25, -0.2) is 13.2 Å². The second-order valence-electron chi connectivity index (χ2n) is 4.36. The molecule has 0 heterocycles. The Balaban J connectivity index is 2.30. The topological polar surface area (TPSA) is 29.1 Å². The zero-order chi connectivity index (χ0) is 15.6. The molecule has 0 aliphatic heterocycles. The summed E-state index contributed by atoms with van der Waals surface area (Å²) < 4.78 is 40.0. The van der Waals surface area contributed by atoms with E-state index in [1.54, 1.807) is 12.1 Å². The van der Waals surface area contributed by atoms with Gasteiger partial charge in [0.25, 0.3) is 5.91 Å². The van der Waals surface area contributed by atoms with E-state index >= 15 is 0 Å². The van der Waals surface area contributed by atoms with E-state index in [9.17, 15) is 18.0 Å². The van der Waals surface area contributed by atoms with Gasteiger partial charge in [-0.1, -0.05) is 22.9 Å². The minimum atomic E-state index is -1.59. The van der Waals surface area contributed by atoms with E-state index in [1.807, 2.05) is 13.0 Å². The van der Waals surface area contributed by atoms with Crippen LogP contribution in [0.1, 0.15) is 22.8 Å². The number of benzene rings is 2. The Morgan fingerprint density at radius 3 is 2.33 bits per heavy atom. The maximum absolute atomic E-state index is 13.1. The second kappa shape index (κ2) is 6.30. The molecule has 0 atom stereocenters. The number of amides is 1. The highest BCUT2D eigenvalue weighted by Crippen LogP contribution is 2.23. The molecule has 0 bridgehead atoms. The summed E-state index contributed by atoms with van der Waals surface area (Å²) in [5, 5.41) is 2.56. The lowest BCUT2D eigenvalue weighted by Crippen LogP contribution is -2.14. The third-order valence-corrected chi connectivity index (χ3v) is 3.44. The number of aryl methyl sites for hydroxylation is 1. The fourth-order valence-electron chi connectivity index (χ4n) is 1.86. The van der Waals surface area contributed by atoms with Crippen molar-refractivity contribution in [2.24, 2.45) is 0 Å². The van der Waals surface area contributed by atoms with Gasteiger partial charge in [-0.3, -0.25) is 4.79 Å². The van der Waals surface area contributed by atoms with Crippen LogP contribution >= 0.6 is 15.9 Å². The summed E-state index contributed by atoms with van der Waals surface area (Å²) in [6.45, 7) is 1.91. The fourth-order valence-corrected chi connectivity index (χ4v) is 2.27. The minimum Gasteiger partial charge on any atom is -0.322 e. The van der Waals surface area contributed by atoms with E-state index in [-0.39, 0.29) is 5.56 Å². The molecule has 21 heavy (non-hydrogen) atoms. The number of hydrogen-bond donors (Lipinski definition) is 1. The molecule has 0 saturated carbocycles. The van der Waals surface area contributed by atoms with Gasteiger partial charge in [-0.05, 0) is 42.3 Å².